The van der Waals surface area contributed by atoms with Crippen LogP contribution in [0.25, 0.3) is 10.4 Å². The van der Waals surface area contributed by atoms with Gasteiger partial charge < -0.3 is 20.6 Å². The van der Waals surface area contributed by atoms with Crippen molar-refractivity contribution in [2.75, 3.05) is 5.32 Å². The number of nitrogens with zero attached hydrogens (tertiary/aromatic N) is 3. The lowest BCUT2D eigenvalue weighted by atomic mass is 10.0. The number of aliphatic hydroxyl groups is 1. The molecule has 2 aromatic rings. The van der Waals surface area contributed by atoms with Crippen molar-refractivity contribution in [1.29, 1.82) is 0 Å². The first kappa shape index (κ1) is 28.7. The van der Waals surface area contributed by atoms with Crippen LogP contribution in [-0.2, 0) is 0 Å². The van der Waals surface area contributed by atoms with E-state index in [1.165, 1.54) is 6.92 Å². The number of carbonyl (C=O) groups excluding carboxylic acids is 2. The molecule has 0 radical (unpaired) electrons. The average Bonchev–Trinajstić information content (AvgIpc) is 3.70. The number of thiazole rings is 1. The topological polar surface area (TPSA) is 107 Å². The molecular weight excluding hydrogens is 557 g/mol. The third-order valence-electron chi connectivity index (χ3n) is 8.05. The van der Waals surface area contributed by atoms with Gasteiger partial charge in [-0.2, -0.15) is 13.2 Å². The Morgan fingerprint density at radius 3 is 2.38 bits per heavy atom. The van der Waals surface area contributed by atoms with E-state index in [1.54, 1.807) is 4.90 Å². The lowest BCUT2D eigenvalue weighted by Crippen LogP contribution is -2.40. The third-order valence-corrected chi connectivity index (χ3v) is 9.14. The first-order chi connectivity index (χ1) is 19.0. The maximum atomic E-state index is 14.3. The lowest BCUT2D eigenvalue weighted by Gasteiger charge is -2.22. The summed E-state index contributed by atoms with van der Waals surface area (Å²) >= 11 is 0.749. The average molecular weight is 588 g/mol. The number of fused-ring (bicyclic) bond motifs is 2. The molecule has 0 aromatic carbocycles. The number of hydrogen-bond donors (Lipinski definition) is 3. The van der Waals surface area contributed by atoms with Crippen LogP contribution >= 0.6 is 11.3 Å². The number of rotatable bonds is 8. The first-order valence-electron chi connectivity index (χ1n) is 13.4. The van der Waals surface area contributed by atoms with Crippen LogP contribution in [0, 0.1) is 0 Å². The van der Waals surface area contributed by atoms with E-state index in [1.807, 2.05) is 0 Å². The van der Waals surface area contributed by atoms with Gasteiger partial charge in [0.1, 0.15) is 17.6 Å². The smallest absolute Gasteiger partial charge is 0.391 e. The van der Waals surface area contributed by atoms with E-state index in [-0.39, 0.29) is 45.5 Å². The molecule has 40 heavy (non-hydrogen) atoms. The fourth-order valence-electron chi connectivity index (χ4n) is 5.96. The van der Waals surface area contributed by atoms with Crippen LogP contribution in [0.15, 0.2) is 12.3 Å². The monoisotopic (exact) mass is 587 g/mol. The number of halogens is 5. The van der Waals surface area contributed by atoms with Gasteiger partial charge >= 0.3 is 6.18 Å². The fourth-order valence-corrected chi connectivity index (χ4v) is 6.96. The summed E-state index contributed by atoms with van der Waals surface area (Å²) in [6, 6.07) is -1.62. The zero-order valence-electron chi connectivity index (χ0n) is 21.7. The van der Waals surface area contributed by atoms with Crippen molar-refractivity contribution in [3.05, 3.63) is 28.5 Å². The third kappa shape index (κ3) is 5.52. The minimum absolute atomic E-state index is 0.00517. The normalized spacial score (nSPS) is 25.1. The summed E-state index contributed by atoms with van der Waals surface area (Å²) in [7, 11) is 0. The Hall–Kier alpha value is -2.87. The van der Waals surface area contributed by atoms with Crippen molar-refractivity contribution in [3.63, 3.8) is 0 Å². The molecule has 4 heterocycles. The number of aliphatic hydroxyl groups excluding tert-OH is 1. The largest absolute Gasteiger partial charge is 0.408 e. The van der Waals surface area contributed by atoms with Gasteiger partial charge in [0.2, 0.25) is 0 Å². The molecule has 2 amide bonds. The summed E-state index contributed by atoms with van der Waals surface area (Å²) in [5, 5.41) is 14.9. The van der Waals surface area contributed by atoms with E-state index >= 15 is 0 Å². The van der Waals surface area contributed by atoms with Crippen LogP contribution < -0.4 is 10.6 Å². The van der Waals surface area contributed by atoms with Crippen molar-refractivity contribution in [1.82, 2.24) is 20.2 Å². The molecule has 218 valence electrons. The second-order valence-corrected chi connectivity index (χ2v) is 11.6. The molecule has 3 fully saturated rings. The number of alkyl halides is 5. The SMILES string of the molecule is CC[C@H](Nc1cc(C(F)F)c(-c2sc(C(=O)N[C@H]3CCC[C@@H]3O)nc2C(=O)N2[C@H]3CC[C@@H]2CC3)cn1)C(F)(F)F. The predicted octanol–water partition coefficient (Wildman–Crippen LogP) is 5.31. The van der Waals surface area contributed by atoms with Gasteiger partial charge in [-0.15, -0.1) is 11.3 Å². The maximum Gasteiger partial charge on any atom is 0.408 e. The Labute approximate surface area is 231 Å². The highest BCUT2D eigenvalue weighted by atomic mass is 32.1. The molecule has 1 saturated carbocycles. The minimum atomic E-state index is -4.61. The zero-order valence-corrected chi connectivity index (χ0v) is 22.5. The summed E-state index contributed by atoms with van der Waals surface area (Å²) in [6.45, 7) is 1.31. The van der Waals surface area contributed by atoms with Crippen molar-refractivity contribution in [2.24, 2.45) is 0 Å². The Balaban J connectivity index is 1.53. The minimum Gasteiger partial charge on any atom is -0.391 e. The molecule has 3 aliphatic rings. The van der Waals surface area contributed by atoms with Gasteiger partial charge in [0.15, 0.2) is 5.01 Å². The lowest BCUT2D eigenvalue weighted by molar-refractivity contribution is -0.142. The number of carbonyl (C=O) groups is 2. The summed E-state index contributed by atoms with van der Waals surface area (Å²) in [4.78, 5) is 36.8. The molecule has 14 heteroatoms. The molecule has 8 nitrogen and oxygen atoms in total. The zero-order chi connectivity index (χ0) is 28.8. The molecule has 2 bridgehead atoms. The Bertz CT molecular complexity index is 1250. The number of pyridine rings is 1. The molecule has 2 aliphatic heterocycles. The van der Waals surface area contributed by atoms with E-state index in [4.69, 9.17) is 0 Å². The van der Waals surface area contributed by atoms with Crippen molar-refractivity contribution < 1.29 is 36.6 Å². The molecule has 5 rings (SSSR count). The van der Waals surface area contributed by atoms with Gasteiger partial charge in [0.05, 0.1) is 17.0 Å². The molecule has 2 saturated heterocycles. The van der Waals surface area contributed by atoms with E-state index in [2.05, 4.69) is 20.6 Å². The molecule has 3 N–H and O–H groups in total. The molecule has 0 unspecified atom stereocenters. The quantitative estimate of drug-likeness (QED) is 0.362. The summed E-state index contributed by atoms with van der Waals surface area (Å²) < 4.78 is 68.4. The van der Waals surface area contributed by atoms with E-state index in [0.717, 1.165) is 55.7 Å². The number of aromatic nitrogens is 2. The molecule has 0 spiro atoms. The standard InChI is InChI=1S/C26H30F5N5O3S/c1-2-18(26(29,30)31)34-19-10-14(22(27)28)15(11-32-19)21-20(25(39)36-12-6-7-13(36)9-8-12)35-24(40-21)23(38)33-16-4-3-5-17(16)37/h10-13,16-18,22,37H,2-9H2,1H3,(H,32,34)(H,33,38)/t12-,13+,16-,17-,18-/m0/s1. The molecule has 2 aromatic heterocycles. The van der Waals surface area contributed by atoms with Gasteiger partial charge in [0, 0.05) is 29.4 Å². The van der Waals surface area contributed by atoms with Crippen molar-refractivity contribution in [3.8, 4) is 10.4 Å². The summed E-state index contributed by atoms with van der Waals surface area (Å²) in [5.74, 6) is -1.49. The van der Waals surface area contributed by atoms with Gasteiger partial charge in [-0.25, -0.2) is 18.7 Å². The predicted molar refractivity (Wildman–Crippen MR) is 137 cm³/mol. The van der Waals surface area contributed by atoms with Crippen LogP contribution in [0.3, 0.4) is 0 Å². The van der Waals surface area contributed by atoms with E-state index < -0.39 is 48.2 Å². The molecule has 3 atom stereocenters. The fraction of sp³-hybridized carbons (Fsp3) is 0.615. The van der Waals surface area contributed by atoms with Gasteiger partial charge in [-0.1, -0.05) is 6.92 Å². The van der Waals surface area contributed by atoms with Gasteiger partial charge in [0.25, 0.3) is 18.2 Å². The Kier molecular flexibility index (Phi) is 8.01. The molecule has 1 aliphatic carbocycles. The number of amides is 2. The molecular formula is C26H30F5N5O3S. The maximum absolute atomic E-state index is 14.3. The van der Waals surface area contributed by atoms with Gasteiger partial charge in [-0.3, -0.25) is 9.59 Å². The van der Waals surface area contributed by atoms with Gasteiger partial charge in [-0.05, 0) is 57.4 Å². The van der Waals surface area contributed by atoms with Crippen LogP contribution in [0.1, 0.15) is 90.6 Å². The highest BCUT2D eigenvalue weighted by Gasteiger charge is 2.44. The Morgan fingerprint density at radius 2 is 1.82 bits per heavy atom. The van der Waals surface area contributed by atoms with Crippen molar-refractivity contribution in [2.45, 2.75) is 101 Å². The van der Waals surface area contributed by atoms with E-state index in [9.17, 15) is 36.6 Å². The van der Waals surface area contributed by atoms with E-state index in [0.29, 0.717) is 12.8 Å². The number of anilines is 1. The van der Waals surface area contributed by atoms with Crippen LogP contribution in [-0.4, -0.2) is 68.2 Å². The second-order valence-electron chi connectivity index (χ2n) is 10.6. The Morgan fingerprint density at radius 1 is 1.15 bits per heavy atom. The second kappa shape index (κ2) is 11.2. The number of nitrogens with one attached hydrogen (secondary N) is 2. The summed E-state index contributed by atoms with van der Waals surface area (Å²) in [6.07, 6.45) is -2.65. The number of hydrogen-bond acceptors (Lipinski definition) is 7. The van der Waals surface area contributed by atoms with Crippen LogP contribution in [0.4, 0.5) is 27.8 Å². The van der Waals surface area contributed by atoms with Crippen LogP contribution in [0.5, 0.6) is 0 Å². The summed E-state index contributed by atoms with van der Waals surface area (Å²) in [5.41, 5.74) is -0.963. The van der Waals surface area contributed by atoms with Crippen LogP contribution in [0.2, 0.25) is 0 Å². The van der Waals surface area contributed by atoms with Crippen molar-refractivity contribution >= 4 is 29.0 Å². The highest BCUT2D eigenvalue weighted by Crippen LogP contribution is 2.42. The highest BCUT2D eigenvalue weighted by molar-refractivity contribution is 7.17. The first-order valence-corrected chi connectivity index (χ1v) is 14.2.